The van der Waals surface area contributed by atoms with Gasteiger partial charge in [-0.1, -0.05) is 58.3 Å². The first-order valence-corrected chi connectivity index (χ1v) is 9.03. The molecule has 1 saturated heterocycles. The Balaban J connectivity index is 1.82. The molecule has 0 N–H and O–H groups in total. The molecular weight excluding hydrogens is 240 g/mol. The highest BCUT2D eigenvalue weighted by molar-refractivity contribution is 8.00. The maximum absolute atomic E-state index is 11.8. The van der Waals surface area contributed by atoms with E-state index >= 15 is 0 Å². The van der Waals surface area contributed by atoms with Gasteiger partial charge in [0.25, 0.3) is 0 Å². The second-order valence-corrected chi connectivity index (χ2v) is 6.86. The molecule has 1 aliphatic heterocycles. The Morgan fingerprint density at radius 2 is 1.61 bits per heavy atom. The normalized spacial score (nSPS) is 19.3. The average Bonchev–Trinajstić information content (AvgIpc) is 2.90. The van der Waals surface area contributed by atoms with E-state index in [4.69, 9.17) is 0 Å². The molecule has 1 fully saturated rings. The topological polar surface area (TPSA) is 17.1 Å². The third-order valence-corrected chi connectivity index (χ3v) is 5.24. The molecule has 0 aromatic heterocycles. The molecule has 0 aromatic carbocycles. The standard InChI is InChI=1S/C16H30OS/c1-2-3-4-5-6-7-8-9-10-12-15(17)16-13-11-14-18-16/h16H,2-14H2,1H3. The van der Waals surface area contributed by atoms with E-state index in [0.29, 0.717) is 11.0 Å². The van der Waals surface area contributed by atoms with Crippen LogP contribution in [-0.4, -0.2) is 16.8 Å². The maximum atomic E-state index is 11.8. The Morgan fingerprint density at radius 3 is 2.17 bits per heavy atom. The van der Waals surface area contributed by atoms with Crippen LogP contribution in [0, 0.1) is 0 Å². The van der Waals surface area contributed by atoms with Crippen LogP contribution in [-0.2, 0) is 4.79 Å². The van der Waals surface area contributed by atoms with Crippen molar-refractivity contribution in [3.05, 3.63) is 0 Å². The Labute approximate surface area is 117 Å². The van der Waals surface area contributed by atoms with Crippen LogP contribution < -0.4 is 0 Å². The molecule has 1 rings (SSSR count). The van der Waals surface area contributed by atoms with E-state index in [9.17, 15) is 4.79 Å². The smallest absolute Gasteiger partial charge is 0.145 e. The number of Topliss-reactive ketones (excluding diaryl/α,β-unsaturated/α-hetero) is 1. The second-order valence-electron chi connectivity index (χ2n) is 5.55. The van der Waals surface area contributed by atoms with E-state index < -0.39 is 0 Å². The zero-order valence-corrected chi connectivity index (χ0v) is 12.9. The summed E-state index contributed by atoms with van der Waals surface area (Å²) in [6, 6.07) is 0. The van der Waals surface area contributed by atoms with Gasteiger partial charge in [-0.3, -0.25) is 4.79 Å². The second kappa shape index (κ2) is 10.9. The molecule has 0 aromatic rings. The molecule has 0 bridgehead atoms. The number of ketones is 1. The zero-order valence-electron chi connectivity index (χ0n) is 12.1. The van der Waals surface area contributed by atoms with Crippen molar-refractivity contribution in [1.29, 1.82) is 0 Å². The molecule has 106 valence electrons. The third-order valence-electron chi connectivity index (χ3n) is 3.82. The van der Waals surface area contributed by atoms with Gasteiger partial charge in [0.15, 0.2) is 0 Å². The van der Waals surface area contributed by atoms with Crippen molar-refractivity contribution in [3.63, 3.8) is 0 Å². The van der Waals surface area contributed by atoms with Crippen molar-refractivity contribution in [2.24, 2.45) is 0 Å². The van der Waals surface area contributed by atoms with Gasteiger partial charge in [0.1, 0.15) is 5.78 Å². The fourth-order valence-corrected chi connectivity index (χ4v) is 3.86. The van der Waals surface area contributed by atoms with Crippen molar-refractivity contribution in [2.75, 3.05) is 5.75 Å². The summed E-state index contributed by atoms with van der Waals surface area (Å²) in [7, 11) is 0. The molecule has 0 amide bonds. The van der Waals surface area contributed by atoms with E-state index in [2.05, 4.69) is 6.92 Å². The van der Waals surface area contributed by atoms with Crippen LogP contribution in [0.25, 0.3) is 0 Å². The highest BCUT2D eigenvalue weighted by Gasteiger charge is 2.22. The van der Waals surface area contributed by atoms with E-state index in [1.807, 2.05) is 11.8 Å². The molecule has 0 saturated carbocycles. The Morgan fingerprint density at radius 1 is 1.00 bits per heavy atom. The number of unbranched alkanes of at least 4 members (excludes halogenated alkanes) is 8. The average molecular weight is 270 g/mol. The SMILES string of the molecule is CCCCCCCCCCCC(=O)C1CCCS1. The van der Waals surface area contributed by atoms with Gasteiger partial charge in [0.05, 0.1) is 5.25 Å². The predicted octanol–water partition coefficient (Wildman–Crippen LogP) is 5.37. The monoisotopic (exact) mass is 270 g/mol. The molecule has 1 atom stereocenters. The van der Waals surface area contributed by atoms with E-state index in [0.717, 1.165) is 19.3 Å². The van der Waals surface area contributed by atoms with E-state index in [1.54, 1.807) is 0 Å². The third kappa shape index (κ3) is 7.45. The summed E-state index contributed by atoms with van der Waals surface area (Å²) >= 11 is 1.88. The molecule has 18 heavy (non-hydrogen) atoms. The number of hydrogen-bond donors (Lipinski definition) is 0. The number of thioether (sulfide) groups is 1. The molecule has 2 heteroatoms. The van der Waals surface area contributed by atoms with Crippen LogP contribution in [0.1, 0.15) is 84.0 Å². The lowest BCUT2D eigenvalue weighted by atomic mass is 10.0. The number of rotatable bonds is 11. The summed E-state index contributed by atoms with van der Waals surface area (Å²) in [5, 5.41) is 0.360. The van der Waals surface area contributed by atoms with Crippen molar-refractivity contribution >= 4 is 17.5 Å². The minimum Gasteiger partial charge on any atom is -0.298 e. The van der Waals surface area contributed by atoms with Crippen LogP contribution in [0.5, 0.6) is 0 Å². The van der Waals surface area contributed by atoms with Crippen molar-refractivity contribution < 1.29 is 4.79 Å². The van der Waals surface area contributed by atoms with Gasteiger partial charge in [-0.15, -0.1) is 0 Å². The van der Waals surface area contributed by atoms with Crippen molar-refractivity contribution in [1.82, 2.24) is 0 Å². The Kier molecular flexibility index (Phi) is 9.73. The van der Waals surface area contributed by atoms with Crippen LogP contribution >= 0.6 is 11.8 Å². The first-order valence-electron chi connectivity index (χ1n) is 7.99. The lowest BCUT2D eigenvalue weighted by Gasteiger charge is -2.06. The van der Waals surface area contributed by atoms with Crippen LogP contribution in [0.2, 0.25) is 0 Å². The van der Waals surface area contributed by atoms with Crippen molar-refractivity contribution in [2.45, 2.75) is 89.2 Å². The van der Waals surface area contributed by atoms with Crippen LogP contribution in [0.3, 0.4) is 0 Å². The summed E-state index contributed by atoms with van der Waals surface area (Å²) in [5.74, 6) is 1.73. The van der Waals surface area contributed by atoms with Gasteiger partial charge in [0, 0.05) is 6.42 Å². The minimum absolute atomic E-state index is 0.360. The van der Waals surface area contributed by atoms with Gasteiger partial charge in [-0.05, 0) is 25.0 Å². The Hall–Kier alpha value is 0.0200. The number of carbonyl (C=O) groups is 1. The minimum atomic E-state index is 0.360. The van der Waals surface area contributed by atoms with Gasteiger partial charge in [0.2, 0.25) is 0 Å². The molecule has 0 aliphatic carbocycles. The highest BCUT2D eigenvalue weighted by Crippen LogP contribution is 2.28. The highest BCUT2D eigenvalue weighted by atomic mass is 32.2. The van der Waals surface area contributed by atoms with E-state index in [-0.39, 0.29) is 0 Å². The van der Waals surface area contributed by atoms with Crippen molar-refractivity contribution in [3.8, 4) is 0 Å². The van der Waals surface area contributed by atoms with Gasteiger partial charge in [-0.2, -0.15) is 11.8 Å². The predicted molar refractivity (Wildman–Crippen MR) is 82.3 cm³/mol. The summed E-state index contributed by atoms with van der Waals surface area (Å²) in [6.45, 7) is 2.26. The summed E-state index contributed by atoms with van der Waals surface area (Å²) in [4.78, 5) is 11.8. The first kappa shape index (κ1) is 16.1. The van der Waals surface area contributed by atoms with Crippen LogP contribution in [0.15, 0.2) is 0 Å². The molecule has 0 radical (unpaired) electrons. The maximum Gasteiger partial charge on any atom is 0.145 e. The fraction of sp³-hybridized carbons (Fsp3) is 0.938. The van der Waals surface area contributed by atoms with Gasteiger partial charge >= 0.3 is 0 Å². The quantitative estimate of drug-likeness (QED) is 0.469. The lowest BCUT2D eigenvalue weighted by molar-refractivity contribution is -0.118. The largest absolute Gasteiger partial charge is 0.298 e. The fourth-order valence-electron chi connectivity index (χ4n) is 2.60. The first-order chi connectivity index (χ1) is 8.84. The Bertz CT molecular complexity index is 209. The molecular formula is C16H30OS. The van der Waals surface area contributed by atoms with E-state index in [1.165, 1.54) is 63.5 Å². The molecule has 0 spiro atoms. The summed E-state index contributed by atoms with van der Waals surface area (Å²) in [5.41, 5.74) is 0. The number of hydrogen-bond acceptors (Lipinski definition) is 2. The lowest BCUT2D eigenvalue weighted by Crippen LogP contribution is -2.13. The zero-order chi connectivity index (χ0) is 13.1. The molecule has 1 nitrogen and oxygen atoms in total. The molecule has 1 aliphatic rings. The van der Waals surface area contributed by atoms with Gasteiger partial charge in [-0.25, -0.2) is 0 Å². The summed E-state index contributed by atoms with van der Waals surface area (Å²) < 4.78 is 0. The summed E-state index contributed by atoms with van der Waals surface area (Å²) in [6.07, 6.45) is 15.3. The molecule has 1 unspecified atom stereocenters. The number of carbonyl (C=O) groups excluding carboxylic acids is 1. The van der Waals surface area contributed by atoms with Gasteiger partial charge < -0.3 is 0 Å². The molecule has 1 heterocycles. The van der Waals surface area contributed by atoms with Crippen LogP contribution in [0.4, 0.5) is 0 Å².